The molecule has 0 unspecified atom stereocenters. The number of benzene rings is 3. The van der Waals surface area contributed by atoms with Gasteiger partial charge in [-0.1, -0.05) is 63.2 Å². The van der Waals surface area contributed by atoms with Gasteiger partial charge in [0, 0.05) is 11.8 Å². The molecule has 5 heteroatoms. The highest BCUT2D eigenvalue weighted by Gasteiger charge is 2.27. The molecule has 1 heterocycles. The van der Waals surface area contributed by atoms with Crippen molar-refractivity contribution in [2.45, 2.75) is 32.6 Å². The van der Waals surface area contributed by atoms with Gasteiger partial charge in [-0.2, -0.15) is 0 Å². The van der Waals surface area contributed by atoms with Crippen molar-refractivity contribution in [3.8, 4) is 11.4 Å². The molecule has 0 radical (unpaired) electrons. The van der Waals surface area contributed by atoms with Crippen LogP contribution in [0.2, 0.25) is 0 Å². The Labute approximate surface area is 169 Å². The highest BCUT2D eigenvalue weighted by molar-refractivity contribution is 5.99. The molecule has 0 fully saturated rings. The van der Waals surface area contributed by atoms with E-state index in [-0.39, 0.29) is 16.9 Å². The van der Waals surface area contributed by atoms with E-state index < -0.39 is 0 Å². The van der Waals surface area contributed by atoms with Crippen LogP contribution in [0.3, 0.4) is 0 Å². The summed E-state index contributed by atoms with van der Waals surface area (Å²) in [7, 11) is 0. The Morgan fingerprint density at radius 3 is 2.10 bits per heavy atom. The van der Waals surface area contributed by atoms with E-state index in [2.05, 4.69) is 36.2 Å². The summed E-state index contributed by atoms with van der Waals surface area (Å²) in [5.41, 5.74) is 3.80. The second kappa shape index (κ2) is 7.17. The quantitative estimate of drug-likeness (QED) is 0.489. The van der Waals surface area contributed by atoms with Crippen LogP contribution in [0.4, 0.5) is 0 Å². The summed E-state index contributed by atoms with van der Waals surface area (Å²) >= 11 is 0. The molecule has 5 nitrogen and oxygen atoms in total. The lowest BCUT2D eigenvalue weighted by molar-refractivity contribution is 0.0985. The van der Waals surface area contributed by atoms with Crippen molar-refractivity contribution in [3.05, 3.63) is 83.4 Å². The number of carbonyl (C=O) groups excluding carboxylic acids is 1. The minimum absolute atomic E-state index is 0.0928. The maximum Gasteiger partial charge on any atom is 0.166 e. The molecule has 1 N–H and O–H groups in total. The van der Waals surface area contributed by atoms with E-state index in [1.807, 2.05) is 48.5 Å². The predicted molar refractivity (Wildman–Crippen MR) is 114 cm³/mol. The van der Waals surface area contributed by atoms with Gasteiger partial charge in [0.2, 0.25) is 0 Å². The number of Topliss-reactive ketones (excluding diaryl/α,β-unsaturated/α-hetero) is 1. The molecule has 146 valence electrons. The zero-order valence-electron chi connectivity index (χ0n) is 16.8. The highest BCUT2D eigenvalue weighted by Crippen LogP contribution is 2.37. The number of phenols is 1. The standard InChI is InChI=1S/C24H23N3O2/c1-4-22(28)18-14-17(24(2,3)16-10-6-5-7-11-16)15-21(23(18)29)27-25-19-12-8-9-13-20(19)26-27/h5-15,29H,4H2,1-3H3. The third-order valence-corrected chi connectivity index (χ3v) is 5.43. The Kier molecular flexibility index (Phi) is 4.66. The van der Waals surface area contributed by atoms with Gasteiger partial charge in [-0.25, -0.2) is 0 Å². The van der Waals surface area contributed by atoms with E-state index in [1.54, 1.807) is 13.0 Å². The maximum absolute atomic E-state index is 12.6. The van der Waals surface area contributed by atoms with Crippen LogP contribution in [-0.4, -0.2) is 25.9 Å². The number of fused-ring (bicyclic) bond motifs is 1. The fourth-order valence-corrected chi connectivity index (χ4v) is 3.52. The largest absolute Gasteiger partial charge is 0.505 e. The van der Waals surface area contributed by atoms with Crippen molar-refractivity contribution in [1.82, 2.24) is 15.0 Å². The van der Waals surface area contributed by atoms with Crippen molar-refractivity contribution < 1.29 is 9.90 Å². The van der Waals surface area contributed by atoms with Gasteiger partial charge in [0.25, 0.3) is 0 Å². The third-order valence-electron chi connectivity index (χ3n) is 5.43. The Hall–Kier alpha value is -3.47. The van der Waals surface area contributed by atoms with Gasteiger partial charge in [-0.15, -0.1) is 15.0 Å². The smallest absolute Gasteiger partial charge is 0.166 e. The Morgan fingerprint density at radius 1 is 0.931 bits per heavy atom. The van der Waals surface area contributed by atoms with E-state index in [1.165, 1.54) is 4.80 Å². The van der Waals surface area contributed by atoms with Crippen molar-refractivity contribution in [3.63, 3.8) is 0 Å². The first kappa shape index (κ1) is 18.9. The number of ketones is 1. The van der Waals surface area contributed by atoms with Gasteiger partial charge in [0.1, 0.15) is 16.7 Å². The van der Waals surface area contributed by atoms with E-state index in [4.69, 9.17) is 0 Å². The number of aromatic hydroxyl groups is 1. The third kappa shape index (κ3) is 3.29. The van der Waals surface area contributed by atoms with Crippen LogP contribution in [0, 0.1) is 0 Å². The van der Waals surface area contributed by atoms with Crippen LogP contribution in [0.1, 0.15) is 48.7 Å². The second-order valence-electron chi connectivity index (χ2n) is 7.64. The van der Waals surface area contributed by atoms with Crippen LogP contribution in [0.15, 0.2) is 66.7 Å². The van der Waals surface area contributed by atoms with Crippen LogP contribution < -0.4 is 0 Å². The molecule has 0 saturated carbocycles. The Bertz CT molecular complexity index is 1160. The van der Waals surface area contributed by atoms with E-state index in [9.17, 15) is 9.90 Å². The summed E-state index contributed by atoms with van der Waals surface area (Å²) in [5.74, 6) is -0.212. The number of rotatable bonds is 5. The highest BCUT2D eigenvalue weighted by atomic mass is 16.3. The predicted octanol–water partition coefficient (Wildman–Crippen LogP) is 5.04. The topological polar surface area (TPSA) is 68.0 Å². The number of aromatic nitrogens is 3. The second-order valence-corrected chi connectivity index (χ2v) is 7.64. The molecule has 0 amide bonds. The summed E-state index contributed by atoms with van der Waals surface area (Å²) in [6.45, 7) is 5.99. The maximum atomic E-state index is 12.6. The summed E-state index contributed by atoms with van der Waals surface area (Å²) < 4.78 is 0. The summed E-state index contributed by atoms with van der Waals surface area (Å²) in [6, 6.07) is 21.3. The van der Waals surface area contributed by atoms with Crippen LogP contribution in [-0.2, 0) is 5.41 Å². The fraction of sp³-hybridized carbons (Fsp3) is 0.208. The molecular weight excluding hydrogens is 362 g/mol. The minimum atomic E-state index is -0.376. The van der Waals surface area contributed by atoms with E-state index in [0.29, 0.717) is 17.7 Å². The molecule has 4 rings (SSSR count). The monoisotopic (exact) mass is 385 g/mol. The zero-order chi connectivity index (χ0) is 20.6. The molecule has 0 bridgehead atoms. The van der Waals surface area contributed by atoms with Crippen molar-refractivity contribution >= 4 is 16.8 Å². The van der Waals surface area contributed by atoms with Crippen molar-refractivity contribution in [1.29, 1.82) is 0 Å². The molecule has 1 aromatic heterocycles. The minimum Gasteiger partial charge on any atom is -0.505 e. The normalized spacial score (nSPS) is 11.7. The molecule has 0 aliphatic rings. The first-order valence-corrected chi connectivity index (χ1v) is 9.70. The van der Waals surface area contributed by atoms with Gasteiger partial charge < -0.3 is 5.11 Å². The molecule has 0 aliphatic carbocycles. The lowest BCUT2D eigenvalue weighted by Crippen LogP contribution is -2.20. The first-order chi connectivity index (χ1) is 13.9. The van der Waals surface area contributed by atoms with Crippen molar-refractivity contribution in [2.24, 2.45) is 0 Å². The average Bonchev–Trinajstić information content (AvgIpc) is 3.17. The molecule has 0 aliphatic heterocycles. The molecule has 29 heavy (non-hydrogen) atoms. The Morgan fingerprint density at radius 2 is 1.52 bits per heavy atom. The number of carbonyl (C=O) groups is 1. The molecular formula is C24H23N3O2. The lowest BCUT2D eigenvalue weighted by atomic mass is 9.77. The fourth-order valence-electron chi connectivity index (χ4n) is 3.52. The SMILES string of the molecule is CCC(=O)c1cc(C(C)(C)c2ccccc2)cc(-n2nc3ccccc3n2)c1O. The molecule has 3 aromatic carbocycles. The Balaban J connectivity index is 1.95. The lowest BCUT2D eigenvalue weighted by Gasteiger charge is -2.27. The number of nitrogens with zero attached hydrogens (tertiary/aromatic N) is 3. The van der Waals surface area contributed by atoms with Gasteiger partial charge >= 0.3 is 0 Å². The summed E-state index contributed by atoms with van der Waals surface area (Å²) in [4.78, 5) is 14.0. The average molecular weight is 385 g/mol. The van der Waals surface area contributed by atoms with Crippen LogP contribution in [0.5, 0.6) is 5.75 Å². The van der Waals surface area contributed by atoms with Gasteiger partial charge in [-0.3, -0.25) is 4.79 Å². The van der Waals surface area contributed by atoms with Gasteiger partial charge in [0.15, 0.2) is 11.5 Å². The summed E-state index contributed by atoms with van der Waals surface area (Å²) in [5, 5.41) is 19.9. The van der Waals surface area contributed by atoms with E-state index >= 15 is 0 Å². The molecule has 0 spiro atoms. The van der Waals surface area contributed by atoms with E-state index in [0.717, 1.165) is 22.2 Å². The number of hydrogen-bond donors (Lipinski definition) is 1. The molecule has 0 atom stereocenters. The summed E-state index contributed by atoms with van der Waals surface area (Å²) in [6.07, 6.45) is 0.302. The van der Waals surface area contributed by atoms with Gasteiger partial charge in [0.05, 0.1) is 5.56 Å². The van der Waals surface area contributed by atoms with Crippen molar-refractivity contribution in [2.75, 3.05) is 0 Å². The number of phenolic OH excluding ortho intramolecular Hbond substituents is 1. The molecule has 0 saturated heterocycles. The first-order valence-electron chi connectivity index (χ1n) is 9.70. The molecule has 4 aromatic rings. The zero-order valence-corrected chi connectivity index (χ0v) is 16.8. The van der Waals surface area contributed by atoms with Gasteiger partial charge in [-0.05, 0) is 35.4 Å². The number of hydrogen-bond acceptors (Lipinski definition) is 4. The van der Waals surface area contributed by atoms with Crippen LogP contribution in [0.25, 0.3) is 16.7 Å². The van der Waals surface area contributed by atoms with Crippen LogP contribution >= 0.6 is 0 Å².